The standard InChI is InChI=1S/C9H10N4/c10-8-6-12-13(9(8)11)7-4-2-1-3-5-7/h1-6H,10-11H2. The molecule has 0 saturated heterocycles. The number of benzene rings is 1. The highest BCUT2D eigenvalue weighted by Gasteiger charge is 2.04. The van der Waals surface area contributed by atoms with Gasteiger partial charge < -0.3 is 11.5 Å². The van der Waals surface area contributed by atoms with Crippen LogP contribution < -0.4 is 11.5 Å². The van der Waals surface area contributed by atoms with Crippen molar-refractivity contribution in [1.82, 2.24) is 9.78 Å². The van der Waals surface area contributed by atoms with Gasteiger partial charge in [0, 0.05) is 0 Å². The first-order valence-corrected chi connectivity index (χ1v) is 3.93. The number of nitrogens with two attached hydrogens (primary N) is 2. The first-order valence-electron chi connectivity index (χ1n) is 3.93. The molecule has 0 aliphatic carbocycles. The molecule has 0 bridgehead atoms. The second kappa shape index (κ2) is 2.82. The predicted octanol–water partition coefficient (Wildman–Crippen LogP) is 1.04. The zero-order valence-corrected chi connectivity index (χ0v) is 7.01. The molecule has 0 fully saturated rings. The average molecular weight is 174 g/mol. The summed E-state index contributed by atoms with van der Waals surface area (Å²) >= 11 is 0. The highest BCUT2D eigenvalue weighted by Crippen LogP contribution is 2.17. The molecule has 0 atom stereocenters. The molecule has 0 spiro atoms. The minimum Gasteiger partial charge on any atom is -0.394 e. The van der Waals surface area contributed by atoms with Crippen LogP contribution in [0.25, 0.3) is 5.69 Å². The van der Waals surface area contributed by atoms with Gasteiger partial charge in [-0.1, -0.05) is 18.2 Å². The quantitative estimate of drug-likeness (QED) is 0.678. The number of para-hydroxylation sites is 1. The summed E-state index contributed by atoms with van der Waals surface area (Å²) in [4.78, 5) is 0. The number of anilines is 2. The van der Waals surface area contributed by atoms with Crippen molar-refractivity contribution in [2.24, 2.45) is 0 Å². The van der Waals surface area contributed by atoms with E-state index in [-0.39, 0.29) is 0 Å². The molecule has 66 valence electrons. The van der Waals surface area contributed by atoms with E-state index in [9.17, 15) is 0 Å². The fourth-order valence-corrected chi connectivity index (χ4v) is 1.15. The molecule has 1 heterocycles. The Labute approximate surface area is 75.8 Å². The van der Waals surface area contributed by atoms with Gasteiger partial charge in [-0.3, -0.25) is 0 Å². The van der Waals surface area contributed by atoms with Crippen LogP contribution in [0, 0.1) is 0 Å². The second-order valence-corrected chi connectivity index (χ2v) is 2.73. The molecule has 1 aromatic carbocycles. The fourth-order valence-electron chi connectivity index (χ4n) is 1.15. The van der Waals surface area contributed by atoms with Crippen LogP contribution in [0.5, 0.6) is 0 Å². The molecule has 4 heteroatoms. The summed E-state index contributed by atoms with van der Waals surface area (Å²) < 4.78 is 1.61. The highest BCUT2D eigenvalue weighted by molar-refractivity contribution is 5.60. The van der Waals surface area contributed by atoms with Crippen molar-refractivity contribution in [3.8, 4) is 5.69 Å². The molecular formula is C9H10N4. The molecule has 2 rings (SSSR count). The number of hydrogen-bond acceptors (Lipinski definition) is 3. The van der Waals surface area contributed by atoms with Gasteiger partial charge in [0.25, 0.3) is 0 Å². The maximum atomic E-state index is 5.71. The van der Waals surface area contributed by atoms with E-state index >= 15 is 0 Å². The van der Waals surface area contributed by atoms with Gasteiger partial charge in [0.05, 0.1) is 17.6 Å². The average Bonchev–Trinajstić information content (AvgIpc) is 2.49. The van der Waals surface area contributed by atoms with Gasteiger partial charge >= 0.3 is 0 Å². The largest absolute Gasteiger partial charge is 0.394 e. The molecule has 0 aliphatic rings. The Morgan fingerprint density at radius 1 is 1.08 bits per heavy atom. The fraction of sp³-hybridized carbons (Fsp3) is 0. The molecule has 4 nitrogen and oxygen atoms in total. The maximum Gasteiger partial charge on any atom is 0.150 e. The van der Waals surface area contributed by atoms with E-state index in [4.69, 9.17) is 11.5 Å². The summed E-state index contributed by atoms with van der Waals surface area (Å²) in [6, 6.07) is 9.62. The summed E-state index contributed by atoms with van der Waals surface area (Å²) in [7, 11) is 0. The number of nitrogen functional groups attached to an aromatic ring is 2. The summed E-state index contributed by atoms with van der Waals surface area (Å²) in [6.07, 6.45) is 1.54. The van der Waals surface area contributed by atoms with Gasteiger partial charge in [0.2, 0.25) is 0 Å². The topological polar surface area (TPSA) is 69.9 Å². The summed E-state index contributed by atoms with van der Waals surface area (Å²) in [5.74, 6) is 0.478. The lowest BCUT2D eigenvalue weighted by Gasteiger charge is -2.02. The summed E-state index contributed by atoms with van der Waals surface area (Å²) in [6.45, 7) is 0. The Balaban J connectivity index is 2.53. The minimum absolute atomic E-state index is 0.478. The predicted molar refractivity (Wildman–Crippen MR) is 52.4 cm³/mol. The molecule has 0 amide bonds. The zero-order valence-electron chi connectivity index (χ0n) is 7.01. The van der Waals surface area contributed by atoms with E-state index in [1.54, 1.807) is 10.9 Å². The van der Waals surface area contributed by atoms with Gasteiger partial charge in [-0.15, -0.1) is 0 Å². The Bertz CT molecular complexity index is 405. The van der Waals surface area contributed by atoms with Gasteiger partial charge in [-0.25, -0.2) is 4.68 Å². The maximum absolute atomic E-state index is 5.71. The number of aromatic nitrogens is 2. The summed E-state index contributed by atoms with van der Waals surface area (Å²) in [5.41, 5.74) is 12.7. The third-order valence-electron chi connectivity index (χ3n) is 1.84. The van der Waals surface area contributed by atoms with Crippen LogP contribution >= 0.6 is 0 Å². The lowest BCUT2D eigenvalue weighted by Crippen LogP contribution is -2.02. The normalized spacial score (nSPS) is 10.2. The van der Waals surface area contributed by atoms with E-state index in [1.807, 2.05) is 30.3 Å². The van der Waals surface area contributed by atoms with Crippen LogP contribution in [0.4, 0.5) is 11.5 Å². The molecular weight excluding hydrogens is 164 g/mol. The van der Waals surface area contributed by atoms with Gasteiger partial charge in [-0.05, 0) is 12.1 Å². The molecule has 1 aromatic heterocycles. The molecule has 4 N–H and O–H groups in total. The zero-order chi connectivity index (χ0) is 9.26. The van der Waals surface area contributed by atoms with E-state index in [2.05, 4.69) is 5.10 Å². The Kier molecular flexibility index (Phi) is 1.66. The molecule has 0 unspecified atom stereocenters. The van der Waals surface area contributed by atoms with Crippen molar-refractivity contribution < 1.29 is 0 Å². The van der Waals surface area contributed by atoms with Crippen molar-refractivity contribution in [3.05, 3.63) is 36.5 Å². The lowest BCUT2D eigenvalue weighted by atomic mass is 10.3. The van der Waals surface area contributed by atoms with Gasteiger partial charge in [0.1, 0.15) is 5.82 Å². The van der Waals surface area contributed by atoms with E-state index in [1.165, 1.54) is 0 Å². The number of nitrogens with zero attached hydrogens (tertiary/aromatic N) is 2. The second-order valence-electron chi connectivity index (χ2n) is 2.73. The molecule has 13 heavy (non-hydrogen) atoms. The molecule has 0 saturated carbocycles. The van der Waals surface area contributed by atoms with Crippen molar-refractivity contribution in [3.63, 3.8) is 0 Å². The van der Waals surface area contributed by atoms with E-state index < -0.39 is 0 Å². The van der Waals surface area contributed by atoms with Gasteiger partial charge in [-0.2, -0.15) is 5.10 Å². The van der Waals surface area contributed by atoms with Gasteiger partial charge in [0.15, 0.2) is 0 Å². The Hall–Kier alpha value is -1.97. The Morgan fingerprint density at radius 2 is 1.77 bits per heavy atom. The van der Waals surface area contributed by atoms with Crippen LogP contribution in [-0.2, 0) is 0 Å². The van der Waals surface area contributed by atoms with Crippen molar-refractivity contribution in [2.45, 2.75) is 0 Å². The molecule has 0 radical (unpaired) electrons. The van der Waals surface area contributed by atoms with E-state index in [0.717, 1.165) is 5.69 Å². The first kappa shape index (κ1) is 7.67. The number of rotatable bonds is 1. The third-order valence-corrected chi connectivity index (χ3v) is 1.84. The number of hydrogen-bond donors (Lipinski definition) is 2. The van der Waals surface area contributed by atoms with Crippen LogP contribution in [0.15, 0.2) is 36.5 Å². The molecule has 2 aromatic rings. The minimum atomic E-state index is 0.478. The Morgan fingerprint density at radius 3 is 2.31 bits per heavy atom. The lowest BCUT2D eigenvalue weighted by molar-refractivity contribution is 0.891. The SMILES string of the molecule is Nc1cnn(-c2ccccc2)c1N. The van der Waals surface area contributed by atoms with Crippen LogP contribution in [0.3, 0.4) is 0 Å². The summed E-state index contributed by atoms with van der Waals surface area (Å²) in [5, 5.41) is 4.05. The monoisotopic (exact) mass is 174 g/mol. The third kappa shape index (κ3) is 1.22. The highest BCUT2D eigenvalue weighted by atomic mass is 15.3. The molecule has 0 aliphatic heterocycles. The van der Waals surface area contributed by atoms with Crippen molar-refractivity contribution in [2.75, 3.05) is 11.5 Å². The van der Waals surface area contributed by atoms with E-state index in [0.29, 0.717) is 11.5 Å². The first-order chi connectivity index (χ1) is 6.29. The van der Waals surface area contributed by atoms with Crippen molar-refractivity contribution in [1.29, 1.82) is 0 Å². The van der Waals surface area contributed by atoms with Crippen LogP contribution in [-0.4, -0.2) is 9.78 Å². The van der Waals surface area contributed by atoms with Crippen LogP contribution in [0.1, 0.15) is 0 Å². The van der Waals surface area contributed by atoms with Crippen LogP contribution in [0.2, 0.25) is 0 Å². The smallest absolute Gasteiger partial charge is 0.150 e. The van der Waals surface area contributed by atoms with Crippen molar-refractivity contribution >= 4 is 11.5 Å².